The number of rotatable bonds is 8. The normalized spacial score (nSPS) is 21.8. The average molecular weight is 349 g/mol. The first-order valence-electron chi connectivity index (χ1n) is 8.93. The van der Waals surface area contributed by atoms with Crippen molar-refractivity contribution in [2.24, 2.45) is 11.1 Å². The molecule has 1 aromatic carbocycles. The lowest BCUT2D eigenvalue weighted by Crippen LogP contribution is -2.39. The van der Waals surface area contributed by atoms with Gasteiger partial charge in [-0.25, -0.2) is 0 Å². The number of benzene rings is 1. The van der Waals surface area contributed by atoms with Gasteiger partial charge in [0, 0.05) is 6.54 Å². The van der Waals surface area contributed by atoms with Crippen molar-refractivity contribution in [2.75, 3.05) is 39.9 Å². The molecule has 1 aliphatic rings. The van der Waals surface area contributed by atoms with Crippen LogP contribution in [0.15, 0.2) is 18.2 Å². The molecule has 0 radical (unpaired) electrons. The average Bonchev–Trinajstić information content (AvgIpc) is 2.96. The molecule has 6 nitrogen and oxygen atoms in total. The number of carbonyl (C=O) groups excluding carboxylic acids is 1. The summed E-state index contributed by atoms with van der Waals surface area (Å²) in [7, 11) is 1.62. The molecule has 1 aromatic rings. The molecule has 0 aliphatic carbocycles. The Kier molecular flexibility index (Phi) is 6.67. The zero-order chi connectivity index (χ0) is 18.4. The van der Waals surface area contributed by atoms with Crippen LogP contribution in [0.4, 0.5) is 0 Å². The standard InChI is InChI=1S/C19H31N3O3/c1-5-25-16-7-6-15(10-17(16)24-4)14(2)21-18(23)11-22-9-8-19(3,12-20)13-22/h6-7,10,14H,5,8-9,11-13,20H2,1-4H3,(H,21,23). The maximum atomic E-state index is 12.4. The molecule has 0 bridgehead atoms. The molecule has 0 saturated carbocycles. The van der Waals surface area contributed by atoms with E-state index in [0.717, 1.165) is 25.1 Å². The minimum Gasteiger partial charge on any atom is -0.493 e. The summed E-state index contributed by atoms with van der Waals surface area (Å²) in [6.45, 7) is 9.54. The molecule has 0 aromatic heterocycles. The Balaban J connectivity index is 1.93. The van der Waals surface area contributed by atoms with Gasteiger partial charge in [0.25, 0.3) is 0 Å². The van der Waals surface area contributed by atoms with Crippen molar-refractivity contribution < 1.29 is 14.3 Å². The lowest BCUT2D eigenvalue weighted by molar-refractivity contribution is -0.122. The summed E-state index contributed by atoms with van der Waals surface area (Å²) < 4.78 is 10.9. The van der Waals surface area contributed by atoms with Crippen LogP contribution in [0.3, 0.4) is 0 Å². The van der Waals surface area contributed by atoms with Crippen LogP contribution < -0.4 is 20.5 Å². The van der Waals surface area contributed by atoms with Crippen LogP contribution in [0, 0.1) is 5.41 Å². The maximum absolute atomic E-state index is 12.4. The van der Waals surface area contributed by atoms with Gasteiger partial charge in [0.05, 0.1) is 26.3 Å². The molecule has 1 amide bonds. The first-order valence-corrected chi connectivity index (χ1v) is 8.93. The van der Waals surface area contributed by atoms with Crippen LogP contribution >= 0.6 is 0 Å². The molecule has 2 unspecified atom stereocenters. The third-order valence-electron chi connectivity index (χ3n) is 4.86. The highest BCUT2D eigenvalue weighted by atomic mass is 16.5. The van der Waals surface area contributed by atoms with E-state index in [4.69, 9.17) is 15.2 Å². The number of methoxy groups -OCH3 is 1. The van der Waals surface area contributed by atoms with Crippen molar-refractivity contribution in [3.63, 3.8) is 0 Å². The highest BCUT2D eigenvalue weighted by Gasteiger charge is 2.33. The molecule has 1 fully saturated rings. The van der Waals surface area contributed by atoms with E-state index in [-0.39, 0.29) is 17.4 Å². The van der Waals surface area contributed by atoms with Crippen molar-refractivity contribution in [3.05, 3.63) is 23.8 Å². The Bertz CT molecular complexity index is 593. The van der Waals surface area contributed by atoms with Crippen molar-refractivity contribution in [1.82, 2.24) is 10.2 Å². The van der Waals surface area contributed by atoms with Crippen LogP contribution in [0.25, 0.3) is 0 Å². The largest absolute Gasteiger partial charge is 0.493 e. The Morgan fingerprint density at radius 3 is 2.80 bits per heavy atom. The van der Waals surface area contributed by atoms with E-state index in [1.807, 2.05) is 32.0 Å². The Hall–Kier alpha value is -1.79. The molecule has 2 rings (SSSR count). The Morgan fingerprint density at radius 1 is 1.44 bits per heavy atom. The lowest BCUT2D eigenvalue weighted by Gasteiger charge is -2.23. The number of hydrogen-bond acceptors (Lipinski definition) is 5. The first-order chi connectivity index (χ1) is 11.9. The third-order valence-corrected chi connectivity index (χ3v) is 4.86. The van der Waals surface area contributed by atoms with E-state index in [1.165, 1.54) is 0 Å². The first kappa shape index (κ1) is 19.5. The zero-order valence-electron chi connectivity index (χ0n) is 15.8. The van der Waals surface area contributed by atoms with Gasteiger partial charge in [-0.15, -0.1) is 0 Å². The van der Waals surface area contributed by atoms with Gasteiger partial charge in [-0.1, -0.05) is 13.0 Å². The summed E-state index contributed by atoms with van der Waals surface area (Å²) in [5.74, 6) is 1.42. The van der Waals surface area contributed by atoms with Gasteiger partial charge < -0.3 is 20.5 Å². The molecule has 6 heteroatoms. The Labute approximate surface area is 150 Å². The van der Waals surface area contributed by atoms with E-state index in [1.54, 1.807) is 7.11 Å². The van der Waals surface area contributed by atoms with E-state index >= 15 is 0 Å². The highest BCUT2D eigenvalue weighted by molar-refractivity contribution is 5.78. The molecule has 140 valence electrons. The number of likely N-dealkylation sites (tertiary alicyclic amines) is 1. The molecule has 2 atom stereocenters. The zero-order valence-corrected chi connectivity index (χ0v) is 15.8. The number of nitrogens with one attached hydrogen (secondary N) is 1. The molecule has 25 heavy (non-hydrogen) atoms. The Morgan fingerprint density at radius 2 is 2.20 bits per heavy atom. The van der Waals surface area contributed by atoms with Gasteiger partial charge in [-0.05, 0) is 56.5 Å². The SMILES string of the molecule is CCOc1ccc(C(C)NC(=O)CN2CCC(C)(CN)C2)cc1OC. The lowest BCUT2D eigenvalue weighted by atomic mass is 9.90. The fraction of sp³-hybridized carbons (Fsp3) is 0.632. The summed E-state index contributed by atoms with van der Waals surface area (Å²) in [6.07, 6.45) is 1.04. The van der Waals surface area contributed by atoms with E-state index in [9.17, 15) is 4.79 Å². The summed E-state index contributed by atoms with van der Waals surface area (Å²) >= 11 is 0. The van der Waals surface area contributed by atoms with Crippen LogP contribution in [0.2, 0.25) is 0 Å². The van der Waals surface area contributed by atoms with E-state index in [0.29, 0.717) is 31.2 Å². The van der Waals surface area contributed by atoms with Crippen LogP contribution in [0.1, 0.15) is 38.8 Å². The molecule has 1 saturated heterocycles. The molecular formula is C19H31N3O3. The molecule has 0 spiro atoms. The minimum absolute atomic E-state index is 0.0293. The van der Waals surface area contributed by atoms with Crippen LogP contribution in [0.5, 0.6) is 11.5 Å². The summed E-state index contributed by atoms with van der Waals surface area (Å²) in [6, 6.07) is 5.66. The van der Waals surface area contributed by atoms with Gasteiger partial charge in [-0.2, -0.15) is 0 Å². The second-order valence-corrected chi connectivity index (χ2v) is 7.11. The second-order valence-electron chi connectivity index (χ2n) is 7.11. The van der Waals surface area contributed by atoms with Crippen molar-refractivity contribution >= 4 is 5.91 Å². The highest BCUT2D eigenvalue weighted by Crippen LogP contribution is 2.30. The fourth-order valence-corrected chi connectivity index (χ4v) is 3.23. The van der Waals surface area contributed by atoms with Gasteiger partial charge in [0.1, 0.15) is 0 Å². The monoisotopic (exact) mass is 349 g/mol. The number of nitrogens with two attached hydrogens (primary N) is 1. The predicted molar refractivity (Wildman–Crippen MR) is 98.9 cm³/mol. The molecule has 3 N–H and O–H groups in total. The van der Waals surface area contributed by atoms with Crippen molar-refractivity contribution in [1.29, 1.82) is 0 Å². The maximum Gasteiger partial charge on any atom is 0.234 e. The van der Waals surface area contributed by atoms with E-state index in [2.05, 4.69) is 17.1 Å². The van der Waals surface area contributed by atoms with Crippen LogP contribution in [-0.2, 0) is 4.79 Å². The van der Waals surface area contributed by atoms with Gasteiger partial charge >= 0.3 is 0 Å². The topological polar surface area (TPSA) is 76.8 Å². The van der Waals surface area contributed by atoms with Crippen LogP contribution in [-0.4, -0.2) is 50.7 Å². The number of carbonyl (C=O) groups is 1. The third kappa shape index (κ3) is 5.09. The summed E-state index contributed by atoms with van der Waals surface area (Å²) in [5.41, 5.74) is 6.95. The number of amides is 1. The predicted octanol–water partition coefficient (Wildman–Crippen LogP) is 1.94. The smallest absolute Gasteiger partial charge is 0.234 e. The van der Waals surface area contributed by atoms with E-state index < -0.39 is 0 Å². The fourth-order valence-electron chi connectivity index (χ4n) is 3.23. The minimum atomic E-state index is -0.0967. The molecule has 1 aliphatic heterocycles. The number of hydrogen-bond donors (Lipinski definition) is 2. The van der Waals surface area contributed by atoms with Gasteiger partial charge in [0.2, 0.25) is 5.91 Å². The van der Waals surface area contributed by atoms with Gasteiger partial charge in [-0.3, -0.25) is 9.69 Å². The van der Waals surface area contributed by atoms with Gasteiger partial charge in [0.15, 0.2) is 11.5 Å². The summed E-state index contributed by atoms with van der Waals surface area (Å²) in [5, 5.41) is 3.06. The number of ether oxygens (including phenoxy) is 2. The number of nitrogens with zero attached hydrogens (tertiary/aromatic N) is 1. The molecular weight excluding hydrogens is 318 g/mol. The van der Waals surface area contributed by atoms with Crippen molar-refractivity contribution in [2.45, 2.75) is 33.2 Å². The van der Waals surface area contributed by atoms with Crippen molar-refractivity contribution in [3.8, 4) is 11.5 Å². The summed E-state index contributed by atoms with van der Waals surface area (Å²) in [4.78, 5) is 14.5. The quantitative estimate of drug-likeness (QED) is 0.750. The second kappa shape index (κ2) is 8.54. The molecule has 1 heterocycles.